The van der Waals surface area contributed by atoms with E-state index in [1.54, 1.807) is 0 Å². The zero-order valence-electron chi connectivity index (χ0n) is 24.8. The summed E-state index contributed by atoms with van der Waals surface area (Å²) in [5.74, 6) is -1.34. The number of hydrogen-bond acceptors (Lipinski definition) is 12. The summed E-state index contributed by atoms with van der Waals surface area (Å²) in [6, 6.07) is 8.46. The second-order valence-electron chi connectivity index (χ2n) is 9.95. The van der Waals surface area contributed by atoms with E-state index < -0.39 is 83.7 Å². The fourth-order valence-corrected chi connectivity index (χ4v) is 11.1. The largest absolute Gasteiger partial charge is 0.468 e. The second-order valence-corrected chi connectivity index (χ2v) is 18.1. The van der Waals surface area contributed by atoms with Crippen LogP contribution in [0.5, 0.6) is 0 Å². The molecule has 248 valence electrons. The minimum atomic E-state index is -4.15. The van der Waals surface area contributed by atoms with Crippen molar-refractivity contribution in [1.82, 2.24) is 9.44 Å². The van der Waals surface area contributed by atoms with E-state index in [0.717, 1.165) is 14.2 Å². The van der Waals surface area contributed by atoms with Crippen LogP contribution in [0, 0.1) is 19.0 Å². The Hall–Kier alpha value is -2.14. The molecule has 2 aromatic rings. The first-order chi connectivity index (χ1) is 20.4. The van der Waals surface area contributed by atoms with Crippen molar-refractivity contribution in [3.63, 3.8) is 0 Å². The number of benzene rings is 2. The van der Waals surface area contributed by atoms with E-state index in [1.807, 2.05) is 27.7 Å². The van der Waals surface area contributed by atoms with Gasteiger partial charge < -0.3 is 9.47 Å². The third-order valence-corrected chi connectivity index (χ3v) is 13.1. The average molecular weight is 887 g/mol. The molecule has 14 nitrogen and oxygen atoms in total. The third-order valence-electron chi connectivity index (χ3n) is 5.57. The van der Waals surface area contributed by atoms with Gasteiger partial charge in [0.15, 0.2) is 0 Å². The minimum absolute atomic E-state index is 0.0457. The maximum Gasteiger partial charge on any atom is 0.342 e. The third kappa shape index (κ3) is 12.3. The van der Waals surface area contributed by atoms with Crippen molar-refractivity contribution >= 4 is 71.6 Å². The highest BCUT2D eigenvalue weighted by atomic mass is 127. The van der Waals surface area contributed by atoms with Crippen LogP contribution in [-0.4, -0.2) is 55.1 Å². The highest BCUT2D eigenvalue weighted by Gasteiger charge is 2.30. The first-order valence-corrected chi connectivity index (χ1v) is 21.5. The van der Waals surface area contributed by atoms with Gasteiger partial charge in [-0.1, -0.05) is 52.0 Å². The number of methoxy groups -OCH3 is 2. The Morgan fingerprint density at radius 1 is 0.636 bits per heavy atom. The van der Waals surface area contributed by atoms with Crippen molar-refractivity contribution in [2.45, 2.75) is 62.4 Å². The lowest BCUT2D eigenvalue weighted by Crippen LogP contribution is -2.42. The van der Waals surface area contributed by atoms with Crippen LogP contribution < -0.4 is 9.44 Å². The predicted octanol–water partition coefficient (Wildman–Crippen LogP) is 3.84. The minimum Gasteiger partial charge on any atom is -0.468 e. The van der Waals surface area contributed by atoms with E-state index in [1.165, 1.54) is 48.5 Å². The number of carbonyl (C=O) groups excluding carboxylic acids is 2. The maximum atomic E-state index is 12.4. The van der Waals surface area contributed by atoms with Gasteiger partial charge in [-0.3, -0.25) is 9.59 Å². The van der Waals surface area contributed by atoms with E-state index in [0.29, 0.717) is 0 Å². The van der Waals surface area contributed by atoms with Crippen molar-refractivity contribution in [3.8, 4) is 0 Å². The van der Waals surface area contributed by atoms with Crippen LogP contribution in [0.2, 0.25) is 0 Å². The standard InChI is InChI=1S/2C13H18INO6S/c2*1-9(2)8-11(13(16)21-3)15-22(19,20)12-7-5-4-6-10(12)14(17)18/h2*4-7,9,11,15H,8H2,1-3H3/t2*11-/m00/s1. The van der Waals surface area contributed by atoms with Crippen LogP contribution in [0.25, 0.3) is 0 Å². The lowest BCUT2D eigenvalue weighted by Gasteiger charge is -2.18. The number of hydrogen-bond donors (Lipinski definition) is 2. The van der Waals surface area contributed by atoms with E-state index in [-0.39, 0.29) is 41.6 Å². The summed E-state index contributed by atoms with van der Waals surface area (Å²) in [6.07, 6.45) is 0.482. The van der Waals surface area contributed by atoms with Gasteiger partial charge in [0.1, 0.15) is 21.9 Å². The summed E-state index contributed by atoms with van der Waals surface area (Å²) >= 11 is -7.97. The summed E-state index contributed by atoms with van der Waals surface area (Å²) in [4.78, 5) is 22.7. The van der Waals surface area contributed by atoms with Crippen LogP contribution in [0.15, 0.2) is 58.3 Å². The highest BCUT2D eigenvalue weighted by molar-refractivity contribution is 14.2. The molecule has 0 aromatic heterocycles. The normalized spacial score (nSPS) is 13.3. The molecule has 0 saturated heterocycles. The summed E-state index contributed by atoms with van der Waals surface area (Å²) < 4.78 is 108. The SMILES string of the molecule is COC(=O)[C@H](CC(C)C)NS(=O)(=O)c1ccccc1I(=O)=O.COC(=O)[C@H](CC(C)C)NS(=O)(=O)c1ccccc1I(=O)=O. The van der Waals surface area contributed by atoms with Crippen molar-refractivity contribution in [2.24, 2.45) is 11.8 Å². The number of carbonyl (C=O) groups is 2. The van der Waals surface area contributed by atoms with Crippen LogP contribution in [0.4, 0.5) is 0 Å². The van der Waals surface area contributed by atoms with E-state index in [2.05, 4.69) is 18.9 Å². The lowest BCUT2D eigenvalue weighted by atomic mass is 10.1. The zero-order chi connectivity index (χ0) is 33.8. The molecule has 0 radical (unpaired) electrons. The van der Waals surface area contributed by atoms with Crippen LogP contribution in [0.1, 0.15) is 40.5 Å². The van der Waals surface area contributed by atoms with Gasteiger partial charge in [0, 0.05) is 0 Å². The maximum absolute atomic E-state index is 12.4. The fraction of sp³-hybridized carbons (Fsp3) is 0.462. The van der Waals surface area contributed by atoms with Gasteiger partial charge >= 0.3 is 51.5 Å². The predicted molar refractivity (Wildman–Crippen MR) is 172 cm³/mol. The van der Waals surface area contributed by atoms with Crippen LogP contribution in [0.3, 0.4) is 0 Å². The number of rotatable bonds is 14. The Kier molecular flexibility index (Phi) is 16.4. The summed E-state index contributed by atoms with van der Waals surface area (Å²) in [5.41, 5.74) is 0. The van der Waals surface area contributed by atoms with Gasteiger partial charge in [0.2, 0.25) is 20.0 Å². The number of ether oxygens (including phenoxy) is 2. The first kappa shape index (κ1) is 39.9. The molecule has 2 rings (SSSR count). The molecular formula is C26H36I2N2O12S2. The molecule has 2 N–H and O–H groups in total. The van der Waals surface area contributed by atoms with Gasteiger partial charge in [-0.25, -0.2) is 29.1 Å². The Balaban J connectivity index is 0.000000440. The van der Waals surface area contributed by atoms with Crippen molar-refractivity contribution in [3.05, 3.63) is 55.7 Å². The topological polar surface area (TPSA) is 213 Å². The van der Waals surface area contributed by atoms with Gasteiger partial charge in [-0.05, 0) is 48.9 Å². The molecule has 0 heterocycles. The monoisotopic (exact) mass is 886 g/mol. The smallest absolute Gasteiger partial charge is 0.342 e. The van der Waals surface area contributed by atoms with E-state index >= 15 is 0 Å². The summed E-state index contributed by atoms with van der Waals surface area (Å²) in [5, 5.41) is 0. The van der Waals surface area contributed by atoms with Crippen molar-refractivity contribution in [2.75, 3.05) is 14.2 Å². The number of esters is 2. The molecule has 44 heavy (non-hydrogen) atoms. The van der Waals surface area contributed by atoms with Gasteiger partial charge in [0.05, 0.1) is 21.4 Å². The molecular weight excluding hydrogens is 850 g/mol. The molecule has 0 aliphatic carbocycles. The van der Waals surface area contributed by atoms with Gasteiger partial charge in [-0.2, -0.15) is 9.44 Å². The molecule has 0 amide bonds. The molecule has 0 saturated carbocycles. The first-order valence-electron chi connectivity index (χ1n) is 12.9. The molecule has 0 aliphatic rings. The van der Waals surface area contributed by atoms with E-state index in [4.69, 9.17) is 0 Å². The lowest BCUT2D eigenvalue weighted by molar-refractivity contribution is -0.143. The number of halogens is 2. The average Bonchev–Trinajstić information content (AvgIpc) is 2.95. The van der Waals surface area contributed by atoms with Crippen LogP contribution >= 0.6 is 39.6 Å². The quantitative estimate of drug-likeness (QED) is 0.205. The van der Waals surface area contributed by atoms with Crippen molar-refractivity contribution in [1.29, 1.82) is 0 Å². The molecule has 2 aromatic carbocycles. The Morgan fingerprint density at radius 3 is 1.18 bits per heavy atom. The number of sulfonamides is 2. The van der Waals surface area contributed by atoms with E-state index in [9.17, 15) is 38.7 Å². The van der Waals surface area contributed by atoms with Gasteiger partial charge in [0.25, 0.3) is 0 Å². The highest BCUT2D eigenvalue weighted by Crippen LogP contribution is 2.27. The molecule has 0 bridgehead atoms. The number of nitrogens with one attached hydrogen (secondary N) is 2. The summed E-state index contributed by atoms with van der Waals surface area (Å²) in [7, 11) is -5.97. The summed E-state index contributed by atoms with van der Waals surface area (Å²) in [6.45, 7) is 7.32. The zero-order valence-corrected chi connectivity index (χ0v) is 30.8. The van der Waals surface area contributed by atoms with Gasteiger partial charge in [-0.15, -0.1) is 0 Å². The molecule has 0 fully saturated rings. The fourth-order valence-electron chi connectivity index (χ4n) is 3.69. The van der Waals surface area contributed by atoms with Crippen molar-refractivity contribution < 1.29 is 48.2 Å². The molecule has 0 unspecified atom stereocenters. The molecule has 0 aliphatic heterocycles. The Bertz CT molecular complexity index is 1530. The Morgan fingerprint density at radius 2 is 0.932 bits per heavy atom. The molecule has 0 spiro atoms. The second kappa shape index (κ2) is 18.1. The van der Waals surface area contributed by atoms with Crippen LogP contribution in [-0.2, 0) is 51.4 Å². The molecule has 2 atom stereocenters. The molecule has 18 heteroatoms. The Labute approximate surface area is 271 Å².